The van der Waals surface area contributed by atoms with E-state index in [2.05, 4.69) is 39.6 Å². The van der Waals surface area contributed by atoms with Gasteiger partial charge in [-0.15, -0.1) is 0 Å². The summed E-state index contributed by atoms with van der Waals surface area (Å²) < 4.78 is 5.25. The molecule has 1 rings (SSSR count). The second-order valence-corrected chi connectivity index (χ2v) is 6.07. The maximum atomic E-state index is 5.87. The third kappa shape index (κ3) is 3.91. The van der Waals surface area contributed by atoms with Crippen molar-refractivity contribution >= 4 is 5.69 Å². The first-order valence-electron chi connectivity index (χ1n) is 6.37. The number of hydrogen-bond acceptors (Lipinski definition) is 3. The zero-order valence-corrected chi connectivity index (χ0v) is 12.4. The molecular weight excluding hydrogens is 224 g/mol. The molecule has 0 heterocycles. The topological polar surface area (TPSA) is 38.5 Å². The first-order valence-corrected chi connectivity index (χ1v) is 6.37. The first-order chi connectivity index (χ1) is 8.24. The zero-order chi connectivity index (χ0) is 13.9. The van der Waals surface area contributed by atoms with E-state index in [9.17, 15) is 0 Å². The van der Waals surface area contributed by atoms with E-state index in [1.807, 2.05) is 18.2 Å². The van der Waals surface area contributed by atoms with E-state index in [1.54, 1.807) is 7.11 Å². The van der Waals surface area contributed by atoms with Gasteiger partial charge in [-0.05, 0) is 37.1 Å². The highest BCUT2D eigenvalue weighted by Gasteiger charge is 2.23. The van der Waals surface area contributed by atoms with Crippen molar-refractivity contribution in [2.75, 3.05) is 19.9 Å². The molecule has 3 heteroatoms. The first kappa shape index (κ1) is 14.8. The van der Waals surface area contributed by atoms with Crippen molar-refractivity contribution in [3.05, 3.63) is 23.8 Å². The monoisotopic (exact) mass is 250 g/mol. The molecule has 0 aliphatic heterocycles. The van der Waals surface area contributed by atoms with Crippen LogP contribution in [0.2, 0.25) is 0 Å². The Morgan fingerprint density at radius 2 is 1.89 bits per heavy atom. The molecule has 18 heavy (non-hydrogen) atoms. The van der Waals surface area contributed by atoms with Crippen molar-refractivity contribution in [1.82, 2.24) is 4.90 Å². The van der Waals surface area contributed by atoms with Crippen LogP contribution in [0.1, 0.15) is 33.3 Å². The van der Waals surface area contributed by atoms with Gasteiger partial charge >= 0.3 is 0 Å². The second kappa shape index (κ2) is 5.61. The molecule has 0 radical (unpaired) electrons. The maximum Gasteiger partial charge on any atom is 0.121 e. The number of nitrogen functional groups attached to an aromatic ring is 1. The Morgan fingerprint density at radius 1 is 1.28 bits per heavy atom. The molecule has 102 valence electrons. The van der Waals surface area contributed by atoms with Gasteiger partial charge in [0.25, 0.3) is 0 Å². The summed E-state index contributed by atoms with van der Waals surface area (Å²) in [5.41, 5.74) is 8.07. The number of ether oxygens (including phenoxy) is 1. The Bertz CT molecular complexity index is 396. The van der Waals surface area contributed by atoms with Gasteiger partial charge in [0.15, 0.2) is 0 Å². The van der Waals surface area contributed by atoms with Crippen LogP contribution in [0.25, 0.3) is 0 Å². The minimum atomic E-state index is 0.263. The van der Waals surface area contributed by atoms with Crippen LogP contribution < -0.4 is 10.5 Å². The van der Waals surface area contributed by atoms with Gasteiger partial charge in [0.2, 0.25) is 0 Å². The van der Waals surface area contributed by atoms with Crippen molar-refractivity contribution in [2.45, 2.75) is 40.3 Å². The normalized spacial score (nSPS) is 13.7. The van der Waals surface area contributed by atoms with Crippen molar-refractivity contribution in [1.29, 1.82) is 0 Å². The van der Waals surface area contributed by atoms with Crippen molar-refractivity contribution in [3.8, 4) is 5.75 Å². The molecule has 1 unspecified atom stereocenters. The second-order valence-electron chi connectivity index (χ2n) is 6.07. The molecule has 1 aromatic carbocycles. The third-order valence-corrected chi connectivity index (χ3v) is 3.57. The highest BCUT2D eigenvalue weighted by atomic mass is 16.5. The third-order valence-electron chi connectivity index (χ3n) is 3.57. The number of hydrogen-bond donors (Lipinski definition) is 1. The molecule has 1 aromatic rings. The van der Waals surface area contributed by atoms with Crippen LogP contribution in [-0.4, -0.2) is 25.1 Å². The molecular formula is C15H26N2O. The molecule has 0 aromatic heterocycles. The van der Waals surface area contributed by atoms with Crippen LogP contribution in [-0.2, 0) is 6.54 Å². The summed E-state index contributed by atoms with van der Waals surface area (Å²) in [7, 11) is 3.81. The van der Waals surface area contributed by atoms with Gasteiger partial charge in [0.05, 0.1) is 7.11 Å². The van der Waals surface area contributed by atoms with E-state index in [-0.39, 0.29) is 5.41 Å². The summed E-state index contributed by atoms with van der Waals surface area (Å²) in [4.78, 5) is 2.34. The van der Waals surface area contributed by atoms with Crippen LogP contribution in [0.5, 0.6) is 5.75 Å². The molecule has 0 saturated carbocycles. The predicted molar refractivity (Wildman–Crippen MR) is 77.8 cm³/mol. The Hall–Kier alpha value is -1.22. The van der Waals surface area contributed by atoms with Gasteiger partial charge < -0.3 is 10.5 Å². The fourth-order valence-corrected chi connectivity index (χ4v) is 1.98. The number of anilines is 1. The van der Waals surface area contributed by atoms with Gasteiger partial charge in [-0.3, -0.25) is 4.90 Å². The summed E-state index contributed by atoms with van der Waals surface area (Å²) in [6.45, 7) is 9.90. The van der Waals surface area contributed by atoms with Crippen LogP contribution >= 0.6 is 0 Å². The van der Waals surface area contributed by atoms with Crippen molar-refractivity contribution in [3.63, 3.8) is 0 Å². The fourth-order valence-electron chi connectivity index (χ4n) is 1.98. The predicted octanol–water partition coefficient (Wildman–Crippen LogP) is 3.14. The summed E-state index contributed by atoms with van der Waals surface area (Å²) in [6.07, 6.45) is 0. The van der Waals surface area contributed by atoms with Gasteiger partial charge in [0, 0.05) is 24.3 Å². The van der Waals surface area contributed by atoms with Gasteiger partial charge in [-0.1, -0.05) is 20.8 Å². The lowest BCUT2D eigenvalue weighted by Gasteiger charge is -2.35. The fraction of sp³-hybridized carbons (Fsp3) is 0.600. The Labute approximate surface area is 111 Å². The summed E-state index contributed by atoms with van der Waals surface area (Å²) >= 11 is 0. The quantitative estimate of drug-likeness (QED) is 0.834. The average molecular weight is 250 g/mol. The van der Waals surface area contributed by atoms with E-state index in [0.29, 0.717) is 6.04 Å². The van der Waals surface area contributed by atoms with Gasteiger partial charge in [-0.25, -0.2) is 0 Å². The highest BCUT2D eigenvalue weighted by Crippen LogP contribution is 2.25. The largest absolute Gasteiger partial charge is 0.497 e. The molecule has 0 aliphatic rings. The SMILES string of the molecule is COc1cc(N)cc(CN(C)C(C)C(C)(C)C)c1. The number of nitrogens with two attached hydrogens (primary N) is 1. The molecule has 0 fully saturated rings. The van der Waals surface area contributed by atoms with E-state index < -0.39 is 0 Å². The van der Waals surface area contributed by atoms with Crippen molar-refractivity contribution in [2.24, 2.45) is 5.41 Å². The number of methoxy groups -OCH3 is 1. The van der Waals surface area contributed by atoms with Crippen LogP contribution in [0.4, 0.5) is 5.69 Å². The van der Waals surface area contributed by atoms with Crippen LogP contribution in [0.3, 0.4) is 0 Å². The van der Waals surface area contributed by atoms with E-state index in [1.165, 1.54) is 5.56 Å². The Balaban J connectivity index is 2.81. The number of benzene rings is 1. The standard InChI is InChI=1S/C15H26N2O/c1-11(15(2,3)4)17(5)10-12-7-13(16)9-14(8-12)18-6/h7-9,11H,10,16H2,1-6H3. The van der Waals surface area contributed by atoms with E-state index in [4.69, 9.17) is 10.5 Å². The maximum absolute atomic E-state index is 5.87. The molecule has 0 amide bonds. The Kier molecular flexibility index (Phi) is 4.63. The minimum absolute atomic E-state index is 0.263. The molecule has 2 N–H and O–H groups in total. The lowest BCUT2D eigenvalue weighted by Crippen LogP contribution is -2.38. The van der Waals surface area contributed by atoms with Crippen LogP contribution in [0, 0.1) is 5.41 Å². The van der Waals surface area contributed by atoms with Crippen molar-refractivity contribution < 1.29 is 4.74 Å². The minimum Gasteiger partial charge on any atom is -0.497 e. The molecule has 0 spiro atoms. The summed E-state index contributed by atoms with van der Waals surface area (Å²) in [5.74, 6) is 0.821. The van der Waals surface area contributed by atoms with E-state index >= 15 is 0 Å². The number of nitrogens with zero attached hydrogens (tertiary/aromatic N) is 1. The number of rotatable bonds is 4. The lowest BCUT2D eigenvalue weighted by atomic mass is 9.87. The molecule has 1 atom stereocenters. The summed E-state index contributed by atoms with van der Waals surface area (Å²) in [5, 5.41) is 0. The highest BCUT2D eigenvalue weighted by molar-refractivity contribution is 5.47. The molecule has 0 bridgehead atoms. The van der Waals surface area contributed by atoms with Gasteiger partial charge in [-0.2, -0.15) is 0 Å². The smallest absolute Gasteiger partial charge is 0.121 e. The Morgan fingerprint density at radius 3 is 2.39 bits per heavy atom. The molecule has 0 saturated heterocycles. The van der Waals surface area contributed by atoms with E-state index in [0.717, 1.165) is 18.0 Å². The van der Waals surface area contributed by atoms with Gasteiger partial charge in [0.1, 0.15) is 5.75 Å². The average Bonchev–Trinajstić information content (AvgIpc) is 2.25. The summed E-state index contributed by atoms with van der Waals surface area (Å²) in [6, 6.07) is 6.39. The molecule has 3 nitrogen and oxygen atoms in total. The zero-order valence-electron chi connectivity index (χ0n) is 12.4. The molecule has 0 aliphatic carbocycles. The van der Waals surface area contributed by atoms with Crippen LogP contribution in [0.15, 0.2) is 18.2 Å². The lowest BCUT2D eigenvalue weighted by molar-refractivity contribution is 0.134.